The van der Waals surface area contributed by atoms with E-state index in [2.05, 4.69) is 24.3 Å². The Labute approximate surface area is 221 Å². The molecule has 3 aromatic carbocycles. The second kappa shape index (κ2) is 11.7. The Morgan fingerprint density at radius 2 is 1.65 bits per heavy atom. The smallest absolute Gasteiger partial charge is 0.415 e. The second-order valence-corrected chi connectivity index (χ2v) is 11.3. The maximum absolute atomic E-state index is 14.7. The number of hydrogen-bond donors (Lipinski definition) is 0. The normalized spacial score (nSPS) is 22.5. The third-order valence-corrected chi connectivity index (χ3v) is 8.80. The molecule has 3 heterocycles. The zero-order chi connectivity index (χ0) is 25.7. The minimum Gasteiger partial charge on any atom is -0.440 e. The number of benzene rings is 3. The monoisotopic (exact) mass is 523 g/mol. The van der Waals surface area contributed by atoms with Gasteiger partial charge in [-0.3, -0.25) is 4.90 Å². The second-order valence-electron chi connectivity index (χ2n) is 10.1. The molecule has 1 amide bonds. The summed E-state index contributed by atoms with van der Waals surface area (Å²) in [4.78, 5) is 16.1. The van der Waals surface area contributed by atoms with Gasteiger partial charge in [-0.15, -0.1) is 11.8 Å². The largest absolute Gasteiger partial charge is 0.440 e. The Morgan fingerprint density at radius 1 is 0.946 bits per heavy atom. The molecule has 7 heteroatoms. The number of ether oxygens (including phenoxy) is 1. The first-order valence-electron chi connectivity index (χ1n) is 13.0. The van der Waals surface area contributed by atoms with Crippen molar-refractivity contribution in [1.29, 1.82) is 0 Å². The van der Waals surface area contributed by atoms with Gasteiger partial charge in [-0.05, 0) is 42.0 Å². The highest BCUT2D eigenvalue weighted by Gasteiger charge is 2.47. The van der Waals surface area contributed by atoms with Crippen LogP contribution in [0.25, 0.3) is 0 Å². The molecule has 3 aliphatic heterocycles. The molecule has 37 heavy (non-hydrogen) atoms. The highest BCUT2D eigenvalue weighted by molar-refractivity contribution is 7.99. The SMILES string of the molecule is O=C(O[C@H]1C[N+]2(CCCSc3ccccc3)CCC1CC2)N(Cc1ccc(F)cc1)c1ccccc1F. The van der Waals surface area contributed by atoms with Gasteiger partial charge in [0.2, 0.25) is 0 Å². The zero-order valence-corrected chi connectivity index (χ0v) is 21.7. The third kappa shape index (κ3) is 6.33. The standard InChI is InChI=1S/C30H33F2N2O2S/c31-25-13-11-23(12-14-25)21-33(28-10-5-4-9-27(28)32)30(35)36-29-22-34(18-15-24(29)16-19-34)17-6-20-37-26-7-2-1-3-8-26/h1-5,7-14,24,29H,6,15-22H2/q+1/t24?,29-,34?/m0/s1. The number of para-hydroxylation sites is 1. The summed E-state index contributed by atoms with van der Waals surface area (Å²) in [5, 5.41) is 0. The van der Waals surface area contributed by atoms with Crippen molar-refractivity contribution in [3.63, 3.8) is 0 Å². The molecular formula is C30H33F2N2O2S+. The number of nitrogens with zero attached hydrogens (tertiary/aromatic N) is 2. The van der Waals surface area contributed by atoms with Crippen molar-refractivity contribution in [2.24, 2.45) is 5.92 Å². The number of hydrogen-bond acceptors (Lipinski definition) is 3. The van der Waals surface area contributed by atoms with Gasteiger partial charge in [0.25, 0.3) is 0 Å². The summed E-state index contributed by atoms with van der Waals surface area (Å²) in [5.41, 5.74) is 0.870. The quantitative estimate of drug-likeness (QED) is 0.174. The number of thioether (sulfide) groups is 1. The summed E-state index contributed by atoms with van der Waals surface area (Å²) in [6.07, 6.45) is 2.46. The van der Waals surface area contributed by atoms with E-state index in [1.807, 2.05) is 17.8 Å². The Morgan fingerprint density at radius 3 is 2.38 bits per heavy atom. The molecule has 3 saturated heterocycles. The first-order valence-corrected chi connectivity index (χ1v) is 14.0. The first kappa shape index (κ1) is 25.7. The van der Waals surface area contributed by atoms with E-state index in [1.54, 1.807) is 30.3 Å². The van der Waals surface area contributed by atoms with E-state index < -0.39 is 11.9 Å². The van der Waals surface area contributed by atoms with E-state index in [9.17, 15) is 13.6 Å². The predicted octanol–water partition coefficient (Wildman–Crippen LogP) is 6.90. The summed E-state index contributed by atoms with van der Waals surface area (Å²) in [7, 11) is 0. The highest BCUT2D eigenvalue weighted by Crippen LogP contribution is 2.37. The summed E-state index contributed by atoms with van der Waals surface area (Å²) >= 11 is 1.89. The van der Waals surface area contributed by atoms with Crippen LogP contribution in [-0.4, -0.2) is 48.6 Å². The van der Waals surface area contributed by atoms with Crippen LogP contribution in [0.4, 0.5) is 19.3 Å². The van der Waals surface area contributed by atoms with Gasteiger partial charge in [-0.25, -0.2) is 13.6 Å². The third-order valence-electron chi connectivity index (χ3n) is 7.70. The highest BCUT2D eigenvalue weighted by atomic mass is 32.2. The lowest BCUT2D eigenvalue weighted by molar-refractivity contribution is -0.946. The molecule has 1 atom stereocenters. The summed E-state index contributed by atoms with van der Waals surface area (Å²) in [5.74, 6) is 0.564. The molecule has 3 aromatic rings. The van der Waals surface area contributed by atoms with Crippen molar-refractivity contribution in [2.75, 3.05) is 36.8 Å². The van der Waals surface area contributed by atoms with E-state index in [0.29, 0.717) is 11.5 Å². The Kier molecular flexibility index (Phi) is 8.11. The van der Waals surface area contributed by atoms with Gasteiger partial charge in [0.05, 0.1) is 31.9 Å². The van der Waals surface area contributed by atoms with Crippen molar-refractivity contribution in [3.8, 4) is 0 Å². The Balaban J connectivity index is 1.24. The number of halogens is 2. The summed E-state index contributed by atoms with van der Waals surface area (Å²) < 4.78 is 35.3. The van der Waals surface area contributed by atoms with Crippen LogP contribution in [0.5, 0.6) is 0 Å². The van der Waals surface area contributed by atoms with Gasteiger partial charge < -0.3 is 9.22 Å². The van der Waals surface area contributed by atoms with E-state index in [-0.39, 0.29) is 24.2 Å². The molecular weight excluding hydrogens is 490 g/mol. The van der Waals surface area contributed by atoms with Crippen molar-refractivity contribution in [1.82, 2.24) is 0 Å². The fraction of sp³-hybridized carbons (Fsp3) is 0.367. The molecule has 0 aromatic heterocycles. The summed E-state index contributed by atoms with van der Waals surface area (Å²) in [6.45, 7) is 4.25. The minimum absolute atomic E-state index is 0.105. The summed E-state index contributed by atoms with van der Waals surface area (Å²) in [6, 6.07) is 22.6. The fourth-order valence-corrected chi connectivity index (χ4v) is 6.52. The average Bonchev–Trinajstić information content (AvgIpc) is 2.92. The molecule has 4 nitrogen and oxygen atoms in total. The van der Waals surface area contributed by atoms with Crippen LogP contribution in [0.15, 0.2) is 83.8 Å². The van der Waals surface area contributed by atoms with E-state index in [1.165, 1.54) is 28.0 Å². The number of piperidine rings is 3. The molecule has 0 aliphatic carbocycles. The number of carbonyl (C=O) groups excluding carboxylic acids is 1. The molecule has 3 fully saturated rings. The van der Waals surface area contributed by atoms with Crippen molar-refractivity contribution in [2.45, 2.75) is 36.8 Å². The van der Waals surface area contributed by atoms with Crippen LogP contribution in [0, 0.1) is 17.6 Å². The number of carbonyl (C=O) groups is 1. The van der Waals surface area contributed by atoms with Gasteiger partial charge in [-0.1, -0.05) is 42.5 Å². The Hall–Kier alpha value is -2.90. The zero-order valence-electron chi connectivity index (χ0n) is 20.9. The van der Waals surface area contributed by atoms with Gasteiger partial charge in [-0.2, -0.15) is 0 Å². The number of anilines is 1. The molecule has 3 aliphatic rings. The lowest BCUT2D eigenvalue weighted by Gasteiger charge is -2.52. The first-order chi connectivity index (χ1) is 18.0. The predicted molar refractivity (Wildman–Crippen MR) is 143 cm³/mol. The van der Waals surface area contributed by atoms with Crippen molar-refractivity contribution >= 4 is 23.5 Å². The van der Waals surface area contributed by atoms with Gasteiger partial charge in [0, 0.05) is 35.8 Å². The molecule has 0 N–H and O–H groups in total. The van der Waals surface area contributed by atoms with Crippen LogP contribution in [-0.2, 0) is 11.3 Å². The van der Waals surface area contributed by atoms with Crippen molar-refractivity contribution < 1.29 is 22.8 Å². The maximum atomic E-state index is 14.7. The van der Waals surface area contributed by atoms with Crippen LogP contribution < -0.4 is 4.90 Å². The van der Waals surface area contributed by atoms with E-state index in [4.69, 9.17) is 4.74 Å². The molecule has 0 saturated carbocycles. The van der Waals surface area contributed by atoms with Crippen LogP contribution in [0.3, 0.4) is 0 Å². The number of quaternary nitrogens is 1. The molecule has 0 radical (unpaired) electrons. The van der Waals surface area contributed by atoms with E-state index in [0.717, 1.165) is 55.7 Å². The van der Waals surface area contributed by atoms with Gasteiger partial charge >= 0.3 is 6.09 Å². The number of fused-ring (bicyclic) bond motifs is 3. The molecule has 6 rings (SSSR count). The number of rotatable bonds is 9. The molecule has 2 bridgehead atoms. The lowest BCUT2D eigenvalue weighted by atomic mass is 9.83. The maximum Gasteiger partial charge on any atom is 0.415 e. The number of amides is 1. The Bertz CT molecular complexity index is 1180. The lowest BCUT2D eigenvalue weighted by Crippen LogP contribution is -2.65. The molecule has 0 spiro atoms. The van der Waals surface area contributed by atoms with Gasteiger partial charge in [0.15, 0.2) is 6.10 Å². The van der Waals surface area contributed by atoms with E-state index >= 15 is 0 Å². The minimum atomic E-state index is -0.550. The van der Waals surface area contributed by atoms with Crippen LogP contribution in [0.1, 0.15) is 24.8 Å². The average molecular weight is 524 g/mol. The topological polar surface area (TPSA) is 29.5 Å². The van der Waals surface area contributed by atoms with Crippen molar-refractivity contribution in [3.05, 3.63) is 96.1 Å². The van der Waals surface area contributed by atoms with Crippen LogP contribution in [0.2, 0.25) is 0 Å². The fourth-order valence-electron chi connectivity index (χ4n) is 5.66. The van der Waals surface area contributed by atoms with Crippen LogP contribution >= 0.6 is 11.8 Å². The molecule has 194 valence electrons. The van der Waals surface area contributed by atoms with Gasteiger partial charge in [0.1, 0.15) is 18.2 Å². The molecule has 0 unspecified atom stereocenters.